The summed E-state index contributed by atoms with van der Waals surface area (Å²) in [6.45, 7) is 3.09. The Morgan fingerprint density at radius 2 is 1.79 bits per heavy atom. The van der Waals surface area contributed by atoms with Crippen molar-refractivity contribution in [2.45, 2.75) is 31.9 Å². The SMILES string of the molecule is C[C@@H](Nc1cc(N2CC(C(F)(F)F)C2)ncn1)C(=O)N1CCC1.OC(F)(F)F. The number of amides is 1. The first-order valence-corrected chi connectivity index (χ1v) is 8.32. The van der Waals surface area contributed by atoms with Crippen LogP contribution in [0.5, 0.6) is 0 Å². The van der Waals surface area contributed by atoms with Gasteiger partial charge in [0.2, 0.25) is 5.91 Å². The summed E-state index contributed by atoms with van der Waals surface area (Å²) in [4.78, 5) is 23.4. The Bertz CT molecular complexity index is 668. The summed E-state index contributed by atoms with van der Waals surface area (Å²) in [5.41, 5.74) is 0. The predicted octanol–water partition coefficient (Wildman–Crippen LogP) is 2.01. The summed E-state index contributed by atoms with van der Waals surface area (Å²) in [7, 11) is 0. The number of likely N-dealkylation sites (tertiary alicyclic amines) is 1. The van der Waals surface area contributed by atoms with Crippen LogP contribution < -0.4 is 10.2 Å². The molecule has 1 atom stereocenters. The van der Waals surface area contributed by atoms with Crippen LogP contribution in [0, 0.1) is 5.92 Å². The summed E-state index contributed by atoms with van der Waals surface area (Å²) in [5, 5.41) is 9.51. The van der Waals surface area contributed by atoms with Crippen molar-refractivity contribution in [1.82, 2.24) is 14.9 Å². The van der Waals surface area contributed by atoms with Crippen molar-refractivity contribution in [3.63, 3.8) is 0 Å². The van der Waals surface area contributed by atoms with Gasteiger partial charge in [-0.15, -0.1) is 13.2 Å². The summed E-state index contributed by atoms with van der Waals surface area (Å²) in [6.07, 6.45) is -6.85. The maximum Gasteiger partial charge on any atom is 0.519 e. The highest BCUT2D eigenvalue weighted by atomic mass is 19.4. The van der Waals surface area contributed by atoms with Crippen molar-refractivity contribution in [2.24, 2.45) is 5.92 Å². The highest BCUT2D eigenvalue weighted by Gasteiger charge is 2.47. The molecule has 3 heterocycles. The molecular formula is C15H19F6N5O2. The molecule has 0 spiro atoms. The van der Waals surface area contributed by atoms with Crippen LogP contribution in [0.2, 0.25) is 0 Å². The molecule has 7 nitrogen and oxygen atoms in total. The van der Waals surface area contributed by atoms with Gasteiger partial charge in [0.1, 0.15) is 24.0 Å². The number of hydrogen-bond donors (Lipinski definition) is 2. The van der Waals surface area contributed by atoms with E-state index in [9.17, 15) is 31.1 Å². The molecule has 0 aliphatic carbocycles. The third-order valence-corrected chi connectivity index (χ3v) is 4.22. The molecule has 0 bridgehead atoms. The van der Waals surface area contributed by atoms with Gasteiger partial charge in [-0.25, -0.2) is 9.97 Å². The van der Waals surface area contributed by atoms with E-state index >= 15 is 0 Å². The quantitative estimate of drug-likeness (QED) is 0.733. The van der Waals surface area contributed by atoms with Crippen LogP contribution in [-0.2, 0) is 4.79 Å². The molecule has 2 aliphatic heterocycles. The van der Waals surface area contributed by atoms with E-state index in [-0.39, 0.29) is 19.0 Å². The van der Waals surface area contributed by atoms with Crippen molar-refractivity contribution in [3.05, 3.63) is 12.4 Å². The predicted molar refractivity (Wildman–Crippen MR) is 86.3 cm³/mol. The number of nitrogens with one attached hydrogen (secondary N) is 1. The van der Waals surface area contributed by atoms with Gasteiger partial charge >= 0.3 is 12.5 Å². The van der Waals surface area contributed by atoms with Gasteiger partial charge in [0.25, 0.3) is 0 Å². The number of rotatable bonds is 4. The molecule has 2 aliphatic rings. The molecule has 2 fully saturated rings. The largest absolute Gasteiger partial charge is 0.519 e. The number of alkyl halides is 6. The molecule has 1 amide bonds. The lowest BCUT2D eigenvalue weighted by atomic mass is 10.00. The van der Waals surface area contributed by atoms with E-state index in [2.05, 4.69) is 15.3 Å². The maximum atomic E-state index is 12.5. The van der Waals surface area contributed by atoms with Gasteiger partial charge in [0.05, 0.1) is 5.92 Å². The average molecular weight is 415 g/mol. The first kappa shape index (κ1) is 22.0. The third kappa shape index (κ3) is 6.39. The Morgan fingerprint density at radius 3 is 2.25 bits per heavy atom. The van der Waals surface area contributed by atoms with E-state index in [1.54, 1.807) is 22.8 Å². The normalized spacial score (nSPS) is 18.4. The van der Waals surface area contributed by atoms with Crippen LogP contribution in [0.25, 0.3) is 0 Å². The molecule has 0 aromatic carbocycles. The maximum absolute atomic E-state index is 12.5. The van der Waals surface area contributed by atoms with Crippen molar-refractivity contribution in [1.29, 1.82) is 0 Å². The number of hydrogen-bond acceptors (Lipinski definition) is 6. The highest BCUT2D eigenvalue weighted by molar-refractivity contribution is 5.84. The fourth-order valence-electron chi connectivity index (χ4n) is 2.57. The minimum Gasteiger partial charge on any atom is -0.358 e. The molecule has 1 aromatic heterocycles. The zero-order valence-electron chi connectivity index (χ0n) is 14.8. The Morgan fingerprint density at radius 1 is 1.21 bits per heavy atom. The average Bonchev–Trinajstić information content (AvgIpc) is 2.40. The van der Waals surface area contributed by atoms with Crippen LogP contribution in [0.3, 0.4) is 0 Å². The molecule has 2 saturated heterocycles. The zero-order chi connectivity index (χ0) is 21.1. The van der Waals surface area contributed by atoms with Crippen LogP contribution >= 0.6 is 0 Å². The molecule has 3 rings (SSSR count). The van der Waals surface area contributed by atoms with E-state index in [0.29, 0.717) is 11.6 Å². The number of nitrogens with zero attached hydrogens (tertiary/aromatic N) is 4. The van der Waals surface area contributed by atoms with Gasteiger partial charge in [-0.1, -0.05) is 0 Å². The number of carbonyl (C=O) groups excluding carboxylic acids is 1. The number of aliphatic hydroxyl groups is 1. The molecule has 158 valence electrons. The first-order chi connectivity index (χ1) is 12.8. The molecule has 1 aromatic rings. The Kier molecular flexibility index (Phi) is 6.57. The number of anilines is 2. The highest BCUT2D eigenvalue weighted by Crippen LogP contribution is 2.35. The second kappa shape index (κ2) is 8.37. The molecule has 2 N–H and O–H groups in total. The summed E-state index contributed by atoms with van der Waals surface area (Å²) < 4.78 is 67.3. The lowest BCUT2D eigenvalue weighted by Gasteiger charge is -2.40. The second-order valence-electron chi connectivity index (χ2n) is 6.42. The lowest BCUT2D eigenvalue weighted by Crippen LogP contribution is -2.53. The van der Waals surface area contributed by atoms with E-state index in [1.807, 2.05) is 0 Å². The third-order valence-electron chi connectivity index (χ3n) is 4.22. The Hall–Kier alpha value is -2.31. The van der Waals surface area contributed by atoms with E-state index in [1.165, 1.54) is 6.33 Å². The smallest absolute Gasteiger partial charge is 0.358 e. The topological polar surface area (TPSA) is 81.6 Å². The molecule has 0 unspecified atom stereocenters. The number of aromatic nitrogens is 2. The van der Waals surface area contributed by atoms with Gasteiger partial charge in [-0.3, -0.25) is 4.79 Å². The standard InChI is InChI=1S/C14H18F3N5O.CHF3O/c1-9(13(23)21-3-2-4-21)20-11-5-12(19-8-18-11)22-6-10(7-22)14(15,16)17;2-1(3,4)5/h5,8-10H,2-4,6-7H2,1H3,(H,18,19,20);5H/t9-;/m1./s1. The van der Waals surface area contributed by atoms with Gasteiger partial charge in [-0.05, 0) is 13.3 Å². The monoisotopic (exact) mass is 415 g/mol. The molecule has 13 heteroatoms. The van der Waals surface area contributed by atoms with E-state index in [4.69, 9.17) is 5.11 Å². The van der Waals surface area contributed by atoms with Gasteiger partial charge in [0.15, 0.2) is 0 Å². The molecule has 0 saturated carbocycles. The van der Waals surface area contributed by atoms with Gasteiger partial charge in [-0.2, -0.15) is 13.2 Å². The lowest BCUT2D eigenvalue weighted by molar-refractivity contribution is -0.295. The van der Waals surface area contributed by atoms with Crippen LogP contribution in [-0.4, -0.2) is 70.6 Å². The van der Waals surface area contributed by atoms with E-state index < -0.39 is 24.5 Å². The van der Waals surface area contributed by atoms with Crippen molar-refractivity contribution in [2.75, 3.05) is 36.4 Å². The summed E-state index contributed by atoms with van der Waals surface area (Å²) in [6, 6.07) is 1.14. The fourth-order valence-corrected chi connectivity index (χ4v) is 2.57. The van der Waals surface area contributed by atoms with Crippen molar-refractivity contribution in [3.8, 4) is 0 Å². The zero-order valence-corrected chi connectivity index (χ0v) is 14.8. The molecular weight excluding hydrogens is 396 g/mol. The molecule has 28 heavy (non-hydrogen) atoms. The van der Waals surface area contributed by atoms with Crippen LogP contribution in [0.4, 0.5) is 38.0 Å². The second-order valence-corrected chi connectivity index (χ2v) is 6.42. The van der Waals surface area contributed by atoms with E-state index in [0.717, 1.165) is 19.5 Å². The van der Waals surface area contributed by atoms with Crippen LogP contribution in [0.1, 0.15) is 13.3 Å². The van der Waals surface area contributed by atoms with Gasteiger partial charge in [0, 0.05) is 32.2 Å². The van der Waals surface area contributed by atoms with Crippen molar-refractivity contribution >= 4 is 17.5 Å². The number of halogens is 6. The molecule has 0 radical (unpaired) electrons. The minimum absolute atomic E-state index is 0.00232. The Balaban J connectivity index is 0.000000500. The summed E-state index contributed by atoms with van der Waals surface area (Å²) >= 11 is 0. The van der Waals surface area contributed by atoms with Gasteiger partial charge < -0.3 is 20.2 Å². The minimum atomic E-state index is -5.00. The first-order valence-electron chi connectivity index (χ1n) is 8.32. The summed E-state index contributed by atoms with van der Waals surface area (Å²) in [5.74, 6) is -0.434. The van der Waals surface area contributed by atoms with Crippen LogP contribution in [0.15, 0.2) is 12.4 Å². The fraction of sp³-hybridized carbons (Fsp3) is 0.667. The van der Waals surface area contributed by atoms with Crippen molar-refractivity contribution < 1.29 is 36.2 Å². The number of carbonyl (C=O) groups is 1. The Labute approximate surface area is 156 Å².